The van der Waals surface area contributed by atoms with E-state index in [0.717, 1.165) is 0 Å². The SMILES string of the molecule is CC(=Nc1ccc(C(=O)Oc2ccc(OC(=O)C[C@@H](CC(=O)OC(C)(C)C)C(=O)OC(C)(C)C)cc2)cc1)NC(=O)OC(C)(C)C. The Kier molecular flexibility index (Phi) is 12.6. The van der Waals surface area contributed by atoms with Gasteiger partial charge in [0.05, 0.1) is 30.0 Å². The molecule has 1 N–H and O–H groups in total. The molecule has 0 radical (unpaired) electrons. The highest BCUT2D eigenvalue weighted by molar-refractivity contribution is 5.95. The zero-order valence-corrected chi connectivity index (χ0v) is 28.1. The van der Waals surface area contributed by atoms with E-state index in [1.807, 2.05) is 0 Å². The van der Waals surface area contributed by atoms with E-state index in [0.29, 0.717) is 11.5 Å². The Labute approximate surface area is 269 Å². The number of nitrogens with one attached hydrogen (secondary N) is 1. The van der Waals surface area contributed by atoms with E-state index in [4.69, 9.17) is 23.7 Å². The maximum Gasteiger partial charge on any atom is 0.413 e. The number of amides is 1. The summed E-state index contributed by atoms with van der Waals surface area (Å²) in [5, 5.41) is 2.53. The number of nitrogens with zero attached hydrogens (tertiary/aromatic N) is 1. The second-order valence-electron chi connectivity index (χ2n) is 13.4. The van der Waals surface area contributed by atoms with Crippen LogP contribution in [0.25, 0.3) is 0 Å². The lowest BCUT2D eigenvalue weighted by Crippen LogP contribution is -2.35. The first kappa shape index (κ1) is 37.4. The molecular weight excluding hydrogens is 596 g/mol. The first-order valence-corrected chi connectivity index (χ1v) is 14.7. The summed E-state index contributed by atoms with van der Waals surface area (Å²) in [6, 6.07) is 12.0. The van der Waals surface area contributed by atoms with Gasteiger partial charge in [0.2, 0.25) is 0 Å². The molecule has 0 aliphatic heterocycles. The molecule has 0 aromatic heterocycles. The van der Waals surface area contributed by atoms with Crippen LogP contribution in [0.5, 0.6) is 11.5 Å². The average Bonchev–Trinajstić information content (AvgIpc) is 2.86. The van der Waals surface area contributed by atoms with Crippen molar-refractivity contribution in [3.8, 4) is 11.5 Å². The van der Waals surface area contributed by atoms with Gasteiger partial charge in [-0.15, -0.1) is 0 Å². The van der Waals surface area contributed by atoms with Gasteiger partial charge in [0.15, 0.2) is 0 Å². The van der Waals surface area contributed by atoms with E-state index in [2.05, 4.69) is 10.3 Å². The molecule has 2 rings (SSSR count). The van der Waals surface area contributed by atoms with Gasteiger partial charge >= 0.3 is 30.0 Å². The molecule has 0 fully saturated rings. The molecule has 0 saturated heterocycles. The maximum absolute atomic E-state index is 12.7. The number of esters is 4. The normalized spacial score (nSPS) is 12.8. The standard InChI is InChI=1S/C34H44N2O10/c1-21(36-31(41)46-34(8,9)10)35-24-13-11-22(12-14-24)29(39)43-26-17-15-25(16-18-26)42-27(37)19-23(30(40)45-33(5,6)7)20-28(38)44-32(2,3)4/h11-18,23H,19-20H2,1-10H3,(H,35,36,41)/t23-/m0/s1. The van der Waals surface area contributed by atoms with Crippen molar-refractivity contribution in [3.63, 3.8) is 0 Å². The second-order valence-corrected chi connectivity index (χ2v) is 13.4. The van der Waals surface area contributed by atoms with Crippen molar-refractivity contribution in [2.45, 2.75) is 98.9 Å². The number of hydrogen-bond acceptors (Lipinski definition) is 11. The zero-order chi connectivity index (χ0) is 34.9. The van der Waals surface area contributed by atoms with Crippen LogP contribution in [0.2, 0.25) is 0 Å². The van der Waals surface area contributed by atoms with E-state index in [9.17, 15) is 24.0 Å². The number of aliphatic imine (C=N–C) groups is 1. The minimum Gasteiger partial charge on any atom is -0.460 e. The Morgan fingerprint density at radius 1 is 0.652 bits per heavy atom. The largest absolute Gasteiger partial charge is 0.460 e. The number of carbonyl (C=O) groups excluding carboxylic acids is 5. The molecule has 2 aromatic carbocycles. The van der Waals surface area contributed by atoms with Gasteiger partial charge < -0.3 is 23.7 Å². The van der Waals surface area contributed by atoms with E-state index in [1.165, 1.54) is 36.4 Å². The lowest BCUT2D eigenvalue weighted by molar-refractivity contribution is -0.168. The average molecular weight is 641 g/mol. The molecular formula is C34H44N2O10. The molecule has 2 aromatic rings. The van der Waals surface area contributed by atoms with Crippen LogP contribution in [-0.4, -0.2) is 52.6 Å². The summed E-state index contributed by atoms with van der Waals surface area (Å²) < 4.78 is 26.7. The number of benzene rings is 2. The Balaban J connectivity index is 1.99. The molecule has 0 saturated carbocycles. The molecule has 1 amide bonds. The molecule has 46 heavy (non-hydrogen) atoms. The molecule has 0 heterocycles. The van der Waals surface area contributed by atoms with Crippen LogP contribution in [0.4, 0.5) is 10.5 Å². The van der Waals surface area contributed by atoms with Crippen molar-refractivity contribution in [1.29, 1.82) is 0 Å². The van der Waals surface area contributed by atoms with Crippen LogP contribution in [0.15, 0.2) is 53.5 Å². The van der Waals surface area contributed by atoms with Crippen LogP contribution < -0.4 is 14.8 Å². The third-order valence-electron chi connectivity index (χ3n) is 5.33. The minimum absolute atomic E-state index is 0.141. The van der Waals surface area contributed by atoms with Gasteiger partial charge in [-0.25, -0.2) is 14.6 Å². The number of ether oxygens (including phenoxy) is 5. The number of amidine groups is 1. The van der Waals surface area contributed by atoms with E-state index in [-0.39, 0.29) is 23.5 Å². The van der Waals surface area contributed by atoms with Crippen molar-refractivity contribution in [2.75, 3.05) is 0 Å². The summed E-state index contributed by atoms with van der Waals surface area (Å²) in [6.45, 7) is 17.0. The summed E-state index contributed by atoms with van der Waals surface area (Å²) in [6.07, 6.45) is -1.40. The van der Waals surface area contributed by atoms with E-state index < -0.39 is 59.1 Å². The van der Waals surface area contributed by atoms with Crippen molar-refractivity contribution < 1.29 is 47.7 Å². The Morgan fingerprint density at radius 2 is 1.13 bits per heavy atom. The van der Waals surface area contributed by atoms with E-state index >= 15 is 0 Å². The van der Waals surface area contributed by atoms with Crippen LogP contribution >= 0.6 is 0 Å². The summed E-state index contributed by atoms with van der Waals surface area (Å²) in [7, 11) is 0. The highest BCUT2D eigenvalue weighted by atomic mass is 16.6. The van der Waals surface area contributed by atoms with Crippen molar-refractivity contribution in [3.05, 3.63) is 54.1 Å². The third kappa shape index (κ3) is 14.8. The van der Waals surface area contributed by atoms with Crippen molar-refractivity contribution >= 4 is 41.5 Å². The topological polar surface area (TPSA) is 156 Å². The maximum atomic E-state index is 12.7. The second kappa shape index (κ2) is 15.5. The quantitative estimate of drug-likeness (QED) is 0.106. The number of alkyl carbamates (subject to hydrolysis) is 1. The minimum atomic E-state index is -1.11. The number of hydrogen-bond donors (Lipinski definition) is 1. The Hall–Kier alpha value is -4.74. The first-order valence-electron chi connectivity index (χ1n) is 14.7. The predicted molar refractivity (Wildman–Crippen MR) is 170 cm³/mol. The molecule has 0 aliphatic rings. The van der Waals surface area contributed by atoms with Crippen molar-refractivity contribution in [1.82, 2.24) is 5.32 Å². The van der Waals surface area contributed by atoms with Gasteiger partial charge in [-0.1, -0.05) is 0 Å². The molecule has 0 unspecified atom stereocenters. The lowest BCUT2D eigenvalue weighted by Gasteiger charge is -2.25. The van der Waals surface area contributed by atoms with Gasteiger partial charge in [0.25, 0.3) is 0 Å². The summed E-state index contributed by atoms with van der Waals surface area (Å²) in [5.41, 5.74) is -1.48. The molecule has 0 bridgehead atoms. The molecule has 12 heteroatoms. The lowest BCUT2D eigenvalue weighted by atomic mass is 10.0. The van der Waals surface area contributed by atoms with Crippen LogP contribution in [0.3, 0.4) is 0 Å². The molecule has 250 valence electrons. The first-order chi connectivity index (χ1) is 21.1. The molecule has 0 aliphatic carbocycles. The summed E-state index contributed by atoms with van der Waals surface area (Å²) >= 11 is 0. The van der Waals surface area contributed by atoms with E-state index in [1.54, 1.807) is 81.4 Å². The number of carbonyl (C=O) groups is 5. The predicted octanol–water partition coefficient (Wildman–Crippen LogP) is 6.47. The van der Waals surface area contributed by atoms with Gasteiger partial charge in [0.1, 0.15) is 34.1 Å². The molecule has 0 spiro atoms. The van der Waals surface area contributed by atoms with Gasteiger partial charge in [-0.05, 0) is 118 Å². The molecule has 1 atom stereocenters. The monoisotopic (exact) mass is 640 g/mol. The zero-order valence-electron chi connectivity index (χ0n) is 28.1. The highest BCUT2D eigenvalue weighted by Gasteiger charge is 2.32. The van der Waals surface area contributed by atoms with Crippen LogP contribution in [0.1, 0.15) is 92.4 Å². The fourth-order valence-corrected chi connectivity index (χ4v) is 3.67. The van der Waals surface area contributed by atoms with Crippen LogP contribution in [0, 0.1) is 5.92 Å². The highest BCUT2D eigenvalue weighted by Crippen LogP contribution is 2.23. The van der Waals surface area contributed by atoms with Gasteiger partial charge in [-0.3, -0.25) is 19.7 Å². The van der Waals surface area contributed by atoms with Crippen molar-refractivity contribution in [2.24, 2.45) is 10.9 Å². The van der Waals surface area contributed by atoms with Gasteiger partial charge in [0, 0.05) is 0 Å². The third-order valence-corrected chi connectivity index (χ3v) is 5.33. The Bertz CT molecular complexity index is 1420. The number of rotatable bonds is 9. The summed E-state index contributed by atoms with van der Waals surface area (Å²) in [4.78, 5) is 66.7. The fourth-order valence-electron chi connectivity index (χ4n) is 3.67. The summed E-state index contributed by atoms with van der Waals surface area (Å²) in [5.74, 6) is -3.21. The smallest absolute Gasteiger partial charge is 0.413 e. The van der Waals surface area contributed by atoms with Crippen LogP contribution in [-0.2, 0) is 28.6 Å². The fraction of sp³-hybridized carbons (Fsp3) is 0.471. The molecule has 12 nitrogen and oxygen atoms in total. The Morgan fingerprint density at radius 3 is 1.63 bits per heavy atom. The van der Waals surface area contributed by atoms with Gasteiger partial charge in [-0.2, -0.15) is 0 Å².